The Balaban J connectivity index is 1.41. The van der Waals surface area contributed by atoms with Crippen molar-refractivity contribution in [3.05, 3.63) is 76.4 Å². The van der Waals surface area contributed by atoms with Crippen molar-refractivity contribution in [1.82, 2.24) is 0 Å². The molecule has 7 heteroatoms. The van der Waals surface area contributed by atoms with E-state index in [1.54, 1.807) is 49.4 Å². The SMILES string of the molecule is C[C@H]1C(=O)Nc2ccc(C(=O)COC(=O)c3ccc(-c4ccc(F)cc4)s3)cc21. The maximum Gasteiger partial charge on any atom is 0.348 e. The van der Waals surface area contributed by atoms with E-state index >= 15 is 0 Å². The zero-order chi connectivity index (χ0) is 20.5. The molecule has 0 bridgehead atoms. The Morgan fingerprint density at radius 3 is 2.62 bits per heavy atom. The molecule has 2 aromatic carbocycles. The monoisotopic (exact) mass is 409 g/mol. The summed E-state index contributed by atoms with van der Waals surface area (Å²) in [5.41, 5.74) is 2.64. The van der Waals surface area contributed by atoms with Gasteiger partial charge in [-0.25, -0.2) is 9.18 Å². The molecular formula is C22H16FNO4S. The van der Waals surface area contributed by atoms with Crippen LogP contribution in [0.15, 0.2) is 54.6 Å². The molecule has 5 nitrogen and oxygen atoms in total. The molecule has 1 aromatic heterocycles. The number of rotatable bonds is 5. The van der Waals surface area contributed by atoms with E-state index < -0.39 is 12.6 Å². The third-order valence-electron chi connectivity index (χ3n) is 4.76. The minimum absolute atomic E-state index is 0.106. The lowest BCUT2D eigenvalue weighted by molar-refractivity contribution is -0.116. The number of esters is 1. The van der Waals surface area contributed by atoms with Gasteiger partial charge in [-0.15, -0.1) is 11.3 Å². The predicted molar refractivity (Wildman–Crippen MR) is 108 cm³/mol. The van der Waals surface area contributed by atoms with Crippen LogP contribution in [0.3, 0.4) is 0 Å². The van der Waals surface area contributed by atoms with Gasteiger partial charge in [0.05, 0.1) is 5.92 Å². The molecule has 4 rings (SSSR count). The molecule has 29 heavy (non-hydrogen) atoms. The summed E-state index contributed by atoms with van der Waals surface area (Å²) in [6.45, 7) is 1.38. The number of hydrogen-bond donors (Lipinski definition) is 1. The number of halogens is 1. The average molecular weight is 409 g/mol. The zero-order valence-corrected chi connectivity index (χ0v) is 16.2. The van der Waals surface area contributed by atoms with E-state index in [2.05, 4.69) is 5.32 Å². The molecule has 3 aromatic rings. The van der Waals surface area contributed by atoms with E-state index in [1.165, 1.54) is 23.5 Å². The first-order valence-electron chi connectivity index (χ1n) is 8.93. The number of thiophene rings is 1. The number of Topliss-reactive ketones (excluding diaryl/α,β-unsaturated/α-hetero) is 1. The average Bonchev–Trinajstić information content (AvgIpc) is 3.32. The Morgan fingerprint density at radius 2 is 1.86 bits per heavy atom. The van der Waals surface area contributed by atoms with E-state index in [0.717, 1.165) is 16.0 Å². The summed E-state index contributed by atoms with van der Waals surface area (Å²) < 4.78 is 18.2. The number of fused-ring (bicyclic) bond motifs is 1. The highest BCUT2D eigenvalue weighted by molar-refractivity contribution is 7.17. The minimum atomic E-state index is -0.594. The van der Waals surface area contributed by atoms with E-state index in [4.69, 9.17) is 4.74 Å². The number of anilines is 1. The lowest BCUT2D eigenvalue weighted by Crippen LogP contribution is -2.13. The van der Waals surface area contributed by atoms with Gasteiger partial charge in [0.2, 0.25) is 5.91 Å². The van der Waals surface area contributed by atoms with Crippen molar-refractivity contribution in [3.63, 3.8) is 0 Å². The van der Waals surface area contributed by atoms with E-state index in [0.29, 0.717) is 16.1 Å². The van der Waals surface area contributed by atoms with Gasteiger partial charge in [-0.1, -0.05) is 12.1 Å². The highest BCUT2D eigenvalue weighted by atomic mass is 32.1. The Bertz CT molecular complexity index is 1120. The molecule has 1 N–H and O–H groups in total. The topological polar surface area (TPSA) is 72.5 Å². The normalized spacial score (nSPS) is 15.0. The molecule has 1 aliphatic rings. The molecule has 1 aliphatic heterocycles. The first-order valence-corrected chi connectivity index (χ1v) is 9.75. The number of carbonyl (C=O) groups is 3. The zero-order valence-electron chi connectivity index (χ0n) is 15.4. The Labute approximate surface area is 170 Å². The number of benzene rings is 2. The van der Waals surface area contributed by atoms with Crippen LogP contribution in [0, 0.1) is 5.82 Å². The summed E-state index contributed by atoms with van der Waals surface area (Å²) in [5.74, 6) is -1.70. The van der Waals surface area contributed by atoms with Crippen LogP contribution in [0.2, 0.25) is 0 Å². The Hall–Kier alpha value is -3.32. The smallest absolute Gasteiger partial charge is 0.348 e. The molecule has 0 fully saturated rings. The van der Waals surface area contributed by atoms with Gasteiger partial charge in [0.15, 0.2) is 12.4 Å². The number of amides is 1. The van der Waals surface area contributed by atoms with Crippen molar-refractivity contribution < 1.29 is 23.5 Å². The first kappa shape index (κ1) is 19.0. The standard InChI is InChI=1S/C22H16FNO4S/c1-12-16-10-14(4-7-17(16)24-21(12)26)18(25)11-28-22(27)20-9-8-19(29-20)13-2-5-15(23)6-3-13/h2-10,12H,11H2,1H3,(H,24,26)/t12-/m1/s1. The molecule has 0 unspecified atom stereocenters. The fourth-order valence-corrected chi connectivity index (χ4v) is 4.00. The highest BCUT2D eigenvalue weighted by Gasteiger charge is 2.27. The van der Waals surface area contributed by atoms with Crippen LogP contribution in [0.1, 0.15) is 38.4 Å². The first-order chi connectivity index (χ1) is 13.9. The lowest BCUT2D eigenvalue weighted by Gasteiger charge is -2.06. The second-order valence-corrected chi connectivity index (χ2v) is 7.77. The Morgan fingerprint density at radius 1 is 1.10 bits per heavy atom. The number of hydrogen-bond acceptors (Lipinski definition) is 5. The molecule has 2 heterocycles. The predicted octanol–water partition coefficient (Wildman–Crippen LogP) is 4.65. The van der Waals surface area contributed by atoms with Crippen molar-refractivity contribution in [2.24, 2.45) is 0 Å². The van der Waals surface area contributed by atoms with Crippen molar-refractivity contribution in [2.75, 3.05) is 11.9 Å². The van der Waals surface area contributed by atoms with Gasteiger partial charge in [0.25, 0.3) is 0 Å². The molecular weight excluding hydrogens is 393 g/mol. The second-order valence-electron chi connectivity index (χ2n) is 6.68. The van der Waals surface area contributed by atoms with Gasteiger partial charge >= 0.3 is 5.97 Å². The molecule has 1 amide bonds. The van der Waals surface area contributed by atoms with E-state index in [-0.39, 0.29) is 23.4 Å². The summed E-state index contributed by atoms with van der Waals surface area (Å²) in [6.07, 6.45) is 0. The fraction of sp³-hybridized carbons (Fsp3) is 0.136. The third kappa shape index (κ3) is 3.82. The molecule has 0 saturated heterocycles. The summed E-state index contributed by atoms with van der Waals surface area (Å²) in [4.78, 5) is 37.6. The van der Waals surface area contributed by atoms with Crippen molar-refractivity contribution in [3.8, 4) is 10.4 Å². The summed E-state index contributed by atoms with van der Waals surface area (Å²) in [5, 5.41) is 2.75. The van der Waals surface area contributed by atoms with Crippen LogP contribution in [0.25, 0.3) is 10.4 Å². The number of ether oxygens (including phenoxy) is 1. The van der Waals surface area contributed by atoms with E-state index in [9.17, 15) is 18.8 Å². The van der Waals surface area contributed by atoms with Gasteiger partial charge < -0.3 is 10.1 Å². The number of carbonyl (C=O) groups excluding carboxylic acids is 3. The molecule has 0 aliphatic carbocycles. The minimum Gasteiger partial charge on any atom is -0.453 e. The highest BCUT2D eigenvalue weighted by Crippen LogP contribution is 2.33. The van der Waals surface area contributed by atoms with Crippen LogP contribution in [0.4, 0.5) is 10.1 Å². The van der Waals surface area contributed by atoms with Crippen molar-refractivity contribution >= 4 is 34.7 Å². The van der Waals surface area contributed by atoms with Gasteiger partial charge in [0, 0.05) is 16.1 Å². The summed E-state index contributed by atoms with van der Waals surface area (Å²) >= 11 is 1.21. The van der Waals surface area contributed by atoms with Crippen molar-refractivity contribution in [1.29, 1.82) is 0 Å². The van der Waals surface area contributed by atoms with Gasteiger partial charge in [0.1, 0.15) is 10.7 Å². The molecule has 0 radical (unpaired) electrons. The van der Waals surface area contributed by atoms with Crippen LogP contribution in [0.5, 0.6) is 0 Å². The second kappa shape index (κ2) is 7.60. The van der Waals surface area contributed by atoms with Gasteiger partial charge in [-0.2, -0.15) is 0 Å². The molecule has 0 saturated carbocycles. The van der Waals surface area contributed by atoms with Crippen LogP contribution >= 0.6 is 11.3 Å². The van der Waals surface area contributed by atoms with Crippen molar-refractivity contribution in [2.45, 2.75) is 12.8 Å². The summed E-state index contributed by atoms with van der Waals surface area (Å²) in [7, 11) is 0. The molecule has 1 atom stereocenters. The Kier molecular flexibility index (Phi) is 4.98. The quantitative estimate of drug-likeness (QED) is 0.492. The third-order valence-corrected chi connectivity index (χ3v) is 5.88. The number of nitrogens with one attached hydrogen (secondary N) is 1. The fourth-order valence-electron chi connectivity index (χ4n) is 3.09. The van der Waals surface area contributed by atoms with Gasteiger partial charge in [-0.3, -0.25) is 9.59 Å². The van der Waals surface area contributed by atoms with Crippen LogP contribution in [-0.4, -0.2) is 24.3 Å². The van der Waals surface area contributed by atoms with Gasteiger partial charge in [-0.05, 0) is 60.5 Å². The lowest BCUT2D eigenvalue weighted by atomic mass is 9.99. The maximum atomic E-state index is 13.0. The van der Waals surface area contributed by atoms with E-state index in [1.807, 2.05) is 0 Å². The molecule has 0 spiro atoms. The molecule has 146 valence electrons. The maximum absolute atomic E-state index is 13.0. The summed E-state index contributed by atoms with van der Waals surface area (Å²) in [6, 6.07) is 14.3. The largest absolute Gasteiger partial charge is 0.453 e. The number of ketones is 1. The van der Waals surface area contributed by atoms with Crippen LogP contribution in [-0.2, 0) is 9.53 Å². The van der Waals surface area contributed by atoms with Crippen LogP contribution < -0.4 is 5.32 Å².